The van der Waals surface area contributed by atoms with Gasteiger partial charge in [-0.3, -0.25) is 9.59 Å². The molecule has 7 heteroatoms. The lowest BCUT2D eigenvalue weighted by molar-refractivity contribution is -0.140. The summed E-state index contributed by atoms with van der Waals surface area (Å²) >= 11 is 6.02. The molecule has 0 radical (unpaired) electrons. The third-order valence-electron chi connectivity index (χ3n) is 6.21. The van der Waals surface area contributed by atoms with E-state index in [2.05, 4.69) is 5.32 Å². The Balaban J connectivity index is 1.71. The van der Waals surface area contributed by atoms with E-state index in [1.54, 1.807) is 38.2 Å². The number of rotatable bonds is 10. The maximum atomic E-state index is 13.3. The van der Waals surface area contributed by atoms with E-state index in [0.717, 1.165) is 36.8 Å². The van der Waals surface area contributed by atoms with E-state index in [0.29, 0.717) is 29.5 Å². The van der Waals surface area contributed by atoms with Crippen molar-refractivity contribution in [2.24, 2.45) is 0 Å². The van der Waals surface area contributed by atoms with E-state index in [1.807, 2.05) is 30.3 Å². The van der Waals surface area contributed by atoms with Gasteiger partial charge in [0.1, 0.15) is 6.04 Å². The molecule has 0 aromatic heterocycles. The number of nitrogens with one attached hydrogen (secondary N) is 1. The number of amides is 2. The molecule has 0 saturated heterocycles. The van der Waals surface area contributed by atoms with Crippen LogP contribution in [0.15, 0.2) is 42.5 Å². The lowest BCUT2D eigenvalue weighted by Gasteiger charge is -2.30. The standard InChI is InChI=1S/C26H33ClN2O4/c1-18(26(31)28-22-6-4-5-7-22)29(17-20-8-12-21(27)13-9-20)25(30)15-11-19-10-14-23(32-2)24(16-19)33-3/h8-10,12-14,16,18,22H,4-7,11,15,17H2,1-3H3,(H,28,31)/t18-/m0/s1. The molecular formula is C26H33ClN2O4. The minimum atomic E-state index is -0.570. The molecule has 1 saturated carbocycles. The first kappa shape index (κ1) is 24.9. The van der Waals surface area contributed by atoms with Gasteiger partial charge in [0.2, 0.25) is 11.8 Å². The fourth-order valence-corrected chi connectivity index (χ4v) is 4.32. The summed E-state index contributed by atoms with van der Waals surface area (Å²) in [6.07, 6.45) is 5.10. The zero-order chi connectivity index (χ0) is 23.8. The number of aryl methyl sites for hydroxylation is 1. The van der Waals surface area contributed by atoms with Crippen LogP contribution in [-0.2, 0) is 22.6 Å². The summed E-state index contributed by atoms with van der Waals surface area (Å²) in [5.41, 5.74) is 1.90. The SMILES string of the molecule is COc1ccc(CCC(=O)N(Cc2ccc(Cl)cc2)[C@@H](C)C(=O)NC2CCCC2)cc1OC. The fraction of sp³-hybridized carbons (Fsp3) is 0.462. The van der Waals surface area contributed by atoms with Crippen molar-refractivity contribution in [3.63, 3.8) is 0 Å². The van der Waals surface area contributed by atoms with Crippen LogP contribution in [0.2, 0.25) is 5.02 Å². The topological polar surface area (TPSA) is 67.9 Å². The van der Waals surface area contributed by atoms with Gasteiger partial charge in [-0.05, 0) is 61.6 Å². The first-order chi connectivity index (χ1) is 15.9. The average Bonchev–Trinajstić information content (AvgIpc) is 3.34. The number of hydrogen-bond acceptors (Lipinski definition) is 4. The smallest absolute Gasteiger partial charge is 0.242 e. The van der Waals surface area contributed by atoms with Gasteiger partial charge < -0.3 is 19.7 Å². The molecule has 0 spiro atoms. The van der Waals surface area contributed by atoms with Gasteiger partial charge in [0.05, 0.1) is 14.2 Å². The second-order valence-electron chi connectivity index (χ2n) is 8.50. The van der Waals surface area contributed by atoms with E-state index in [9.17, 15) is 9.59 Å². The highest BCUT2D eigenvalue weighted by atomic mass is 35.5. The van der Waals surface area contributed by atoms with E-state index in [-0.39, 0.29) is 24.3 Å². The Kier molecular flexibility index (Phi) is 9.01. The van der Waals surface area contributed by atoms with Crippen molar-refractivity contribution in [3.05, 3.63) is 58.6 Å². The third-order valence-corrected chi connectivity index (χ3v) is 6.46. The molecule has 0 unspecified atom stereocenters. The number of hydrogen-bond donors (Lipinski definition) is 1. The van der Waals surface area contributed by atoms with Gasteiger partial charge >= 0.3 is 0 Å². The van der Waals surface area contributed by atoms with Gasteiger partial charge in [-0.25, -0.2) is 0 Å². The summed E-state index contributed by atoms with van der Waals surface area (Å²) in [4.78, 5) is 27.9. The second-order valence-corrected chi connectivity index (χ2v) is 8.94. The van der Waals surface area contributed by atoms with Crippen LogP contribution in [0.25, 0.3) is 0 Å². The van der Waals surface area contributed by atoms with Gasteiger partial charge in [0.25, 0.3) is 0 Å². The van der Waals surface area contributed by atoms with Gasteiger partial charge in [0, 0.05) is 24.0 Å². The number of ether oxygens (including phenoxy) is 2. The Morgan fingerprint density at radius 2 is 1.67 bits per heavy atom. The molecule has 178 valence electrons. The van der Waals surface area contributed by atoms with Crippen molar-refractivity contribution < 1.29 is 19.1 Å². The Morgan fingerprint density at radius 3 is 2.30 bits per heavy atom. The predicted octanol–water partition coefficient (Wildman–Crippen LogP) is 4.77. The number of methoxy groups -OCH3 is 2. The Hall–Kier alpha value is -2.73. The lowest BCUT2D eigenvalue weighted by atomic mass is 10.1. The summed E-state index contributed by atoms with van der Waals surface area (Å²) < 4.78 is 10.7. The number of halogens is 1. The van der Waals surface area contributed by atoms with Crippen molar-refractivity contribution in [2.45, 2.75) is 64.1 Å². The highest BCUT2D eigenvalue weighted by molar-refractivity contribution is 6.30. The maximum absolute atomic E-state index is 13.3. The molecule has 0 heterocycles. The average molecular weight is 473 g/mol. The zero-order valence-electron chi connectivity index (χ0n) is 19.6. The quantitative estimate of drug-likeness (QED) is 0.541. The van der Waals surface area contributed by atoms with E-state index < -0.39 is 6.04 Å². The number of benzene rings is 2. The summed E-state index contributed by atoms with van der Waals surface area (Å²) in [5, 5.41) is 3.76. The molecule has 33 heavy (non-hydrogen) atoms. The van der Waals surface area contributed by atoms with E-state index >= 15 is 0 Å². The molecule has 1 aliphatic rings. The Labute approximate surface area is 201 Å². The Bertz CT molecular complexity index is 942. The largest absolute Gasteiger partial charge is 0.493 e. The Morgan fingerprint density at radius 1 is 1.03 bits per heavy atom. The first-order valence-electron chi connectivity index (χ1n) is 11.5. The van der Waals surface area contributed by atoms with Crippen LogP contribution >= 0.6 is 11.6 Å². The molecule has 0 bridgehead atoms. The van der Waals surface area contributed by atoms with Crippen LogP contribution in [0.5, 0.6) is 11.5 Å². The third kappa shape index (κ3) is 6.87. The molecule has 2 aromatic rings. The van der Waals surface area contributed by atoms with Crippen LogP contribution < -0.4 is 14.8 Å². The maximum Gasteiger partial charge on any atom is 0.242 e. The van der Waals surface area contributed by atoms with Gasteiger partial charge in [-0.15, -0.1) is 0 Å². The van der Waals surface area contributed by atoms with Crippen molar-refractivity contribution in [2.75, 3.05) is 14.2 Å². The number of carbonyl (C=O) groups is 2. The summed E-state index contributed by atoms with van der Waals surface area (Å²) in [6.45, 7) is 2.15. The number of carbonyl (C=O) groups excluding carboxylic acids is 2. The second kappa shape index (κ2) is 11.9. The van der Waals surface area contributed by atoms with Crippen molar-refractivity contribution in [3.8, 4) is 11.5 Å². The van der Waals surface area contributed by atoms with E-state index in [4.69, 9.17) is 21.1 Å². The summed E-state index contributed by atoms with van der Waals surface area (Å²) in [7, 11) is 3.18. The van der Waals surface area contributed by atoms with Crippen molar-refractivity contribution in [1.29, 1.82) is 0 Å². The normalized spacial score (nSPS) is 14.5. The monoisotopic (exact) mass is 472 g/mol. The molecule has 6 nitrogen and oxygen atoms in total. The molecule has 1 aliphatic carbocycles. The predicted molar refractivity (Wildman–Crippen MR) is 130 cm³/mol. The van der Waals surface area contributed by atoms with Gasteiger partial charge in [-0.2, -0.15) is 0 Å². The fourth-order valence-electron chi connectivity index (χ4n) is 4.19. The zero-order valence-corrected chi connectivity index (χ0v) is 20.4. The number of nitrogens with zero attached hydrogens (tertiary/aromatic N) is 1. The van der Waals surface area contributed by atoms with Crippen LogP contribution in [0.4, 0.5) is 0 Å². The summed E-state index contributed by atoms with van der Waals surface area (Å²) in [5.74, 6) is 1.10. The minimum Gasteiger partial charge on any atom is -0.493 e. The van der Waals surface area contributed by atoms with Gasteiger partial charge in [-0.1, -0.05) is 42.6 Å². The molecule has 1 fully saturated rings. The highest BCUT2D eigenvalue weighted by Gasteiger charge is 2.28. The molecule has 0 aliphatic heterocycles. The molecule has 2 amide bonds. The lowest BCUT2D eigenvalue weighted by Crippen LogP contribution is -2.49. The molecular weight excluding hydrogens is 440 g/mol. The van der Waals surface area contributed by atoms with Crippen LogP contribution in [-0.4, -0.2) is 43.0 Å². The van der Waals surface area contributed by atoms with Crippen molar-refractivity contribution in [1.82, 2.24) is 10.2 Å². The van der Waals surface area contributed by atoms with Crippen LogP contribution in [0, 0.1) is 0 Å². The molecule has 2 aromatic carbocycles. The molecule has 1 N–H and O–H groups in total. The first-order valence-corrected chi connectivity index (χ1v) is 11.8. The minimum absolute atomic E-state index is 0.0752. The molecule has 1 atom stereocenters. The van der Waals surface area contributed by atoms with Crippen molar-refractivity contribution >= 4 is 23.4 Å². The van der Waals surface area contributed by atoms with Gasteiger partial charge in [0.15, 0.2) is 11.5 Å². The highest BCUT2D eigenvalue weighted by Crippen LogP contribution is 2.28. The summed E-state index contributed by atoms with van der Waals surface area (Å²) in [6, 6.07) is 12.6. The molecule has 3 rings (SSSR count). The van der Waals surface area contributed by atoms with E-state index in [1.165, 1.54) is 0 Å². The van der Waals surface area contributed by atoms with Crippen LogP contribution in [0.3, 0.4) is 0 Å². The van der Waals surface area contributed by atoms with Crippen LogP contribution in [0.1, 0.15) is 50.2 Å².